The highest BCUT2D eigenvalue weighted by molar-refractivity contribution is 8.00. The van der Waals surface area contributed by atoms with Gasteiger partial charge in [0.2, 0.25) is 4.34 Å². The molecule has 2 aromatic rings. The normalized spacial score (nSPS) is 10.2. The third-order valence-corrected chi connectivity index (χ3v) is 4.23. The summed E-state index contributed by atoms with van der Waals surface area (Å²) in [7, 11) is 0. The summed E-state index contributed by atoms with van der Waals surface area (Å²) in [4.78, 5) is 11.2. The number of amides is 1. The first-order valence-electron chi connectivity index (χ1n) is 5.13. The predicted molar refractivity (Wildman–Crippen MR) is 71.9 cm³/mol. The Kier molecular flexibility index (Phi) is 3.81. The molecule has 1 aromatic carbocycles. The second kappa shape index (κ2) is 5.33. The van der Waals surface area contributed by atoms with Gasteiger partial charge >= 0.3 is 5.91 Å². The van der Waals surface area contributed by atoms with Crippen LogP contribution in [0, 0.1) is 0 Å². The molecule has 0 bridgehead atoms. The van der Waals surface area contributed by atoms with E-state index in [4.69, 9.17) is 0 Å². The highest BCUT2D eigenvalue weighted by atomic mass is 32.2. The van der Waals surface area contributed by atoms with E-state index in [1.165, 1.54) is 6.92 Å². The number of nitrogens with one attached hydrogen (secondary N) is 1. The van der Waals surface area contributed by atoms with Gasteiger partial charge in [-0.2, -0.15) is 4.57 Å². The number of thioether (sulfide) groups is 1. The zero-order valence-electron chi connectivity index (χ0n) is 9.64. The average molecular weight is 265 g/mol. The number of benzene rings is 1. The van der Waals surface area contributed by atoms with Crippen molar-refractivity contribution in [2.24, 2.45) is 0 Å². The lowest BCUT2D eigenvalue weighted by Gasteiger charge is -2.02. The molecule has 1 N–H and O–H groups in total. The number of nitrogens with zero attached hydrogens (tertiary/aromatic N) is 1. The maximum Gasteiger partial charge on any atom is 0.304 e. The van der Waals surface area contributed by atoms with Crippen LogP contribution in [0.15, 0.2) is 40.1 Å². The Bertz CT molecular complexity index is 523. The smallest absolute Gasteiger partial charge is 0.247 e. The molecule has 0 aliphatic carbocycles. The van der Waals surface area contributed by atoms with Crippen LogP contribution in [0.4, 0.5) is 5.82 Å². The molecule has 17 heavy (non-hydrogen) atoms. The van der Waals surface area contributed by atoms with Crippen molar-refractivity contribution in [3.05, 3.63) is 35.7 Å². The number of carbonyl (C=O) groups is 1. The summed E-state index contributed by atoms with van der Waals surface area (Å²) in [5.74, 6) is 0.762. The lowest BCUT2D eigenvalue weighted by atomic mass is 10.3. The maximum absolute atomic E-state index is 11.2. The highest BCUT2D eigenvalue weighted by Gasteiger charge is 2.19. The van der Waals surface area contributed by atoms with Crippen molar-refractivity contribution in [2.45, 2.75) is 11.3 Å². The molecule has 1 heterocycles. The molecule has 0 spiro atoms. The third kappa shape index (κ3) is 2.68. The van der Waals surface area contributed by atoms with Crippen LogP contribution >= 0.6 is 23.1 Å². The molecule has 0 saturated carbocycles. The van der Waals surface area contributed by atoms with E-state index >= 15 is 0 Å². The van der Waals surface area contributed by atoms with Gasteiger partial charge in [-0.25, -0.2) is 10.1 Å². The van der Waals surface area contributed by atoms with E-state index in [1.54, 1.807) is 23.1 Å². The first kappa shape index (κ1) is 12.1. The van der Waals surface area contributed by atoms with E-state index in [0.717, 1.165) is 15.8 Å². The Morgan fingerprint density at radius 1 is 1.35 bits per heavy atom. The van der Waals surface area contributed by atoms with E-state index < -0.39 is 0 Å². The standard InChI is InChI=1S/C12H12N2OS2/c1-9(15)13-11-8-17-12(16-2)14(11)10-6-4-3-5-7-10/h3-8H,1-2H3/p+1. The molecule has 88 valence electrons. The van der Waals surface area contributed by atoms with Crippen molar-refractivity contribution in [3.63, 3.8) is 0 Å². The average Bonchev–Trinajstić information content (AvgIpc) is 2.72. The monoisotopic (exact) mass is 265 g/mol. The summed E-state index contributed by atoms with van der Waals surface area (Å²) in [6.45, 7) is 1.52. The topological polar surface area (TPSA) is 33.0 Å². The fraction of sp³-hybridized carbons (Fsp3) is 0.167. The molecule has 1 aromatic heterocycles. The Hall–Kier alpha value is -1.33. The van der Waals surface area contributed by atoms with Crippen molar-refractivity contribution in [1.29, 1.82) is 0 Å². The minimum absolute atomic E-state index is 0.0554. The summed E-state index contributed by atoms with van der Waals surface area (Å²) in [5, 5.41) is 4.81. The van der Waals surface area contributed by atoms with Crippen LogP contribution in [0.25, 0.3) is 5.69 Å². The first-order chi connectivity index (χ1) is 8.22. The highest BCUT2D eigenvalue weighted by Crippen LogP contribution is 2.23. The molecule has 0 unspecified atom stereocenters. The second-order valence-electron chi connectivity index (χ2n) is 3.44. The number of rotatable bonds is 3. The van der Waals surface area contributed by atoms with E-state index in [-0.39, 0.29) is 5.91 Å². The van der Waals surface area contributed by atoms with Crippen molar-refractivity contribution in [2.75, 3.05) is 11.6 Å². The molecular weight excluding hydrogens is 252 g/mol. The Morgan fingerprint density at radius 3 is 2.65 bits per heavy atom. The van der Waals surface area contributed by atoms with E-state index in [1.807, 2.05) is 42.0 Å². The van der Waals surface area contributed by atoms with Gasteiger partial charge in [0.1, 0.15) is 5.69 Å². The van der Waals surface area contributed by atoms with Crippen LogP contribution in [0.5, 0.6) is 0 Å². The summed E-state index contributed by atoms with van der Waals surface area (Å²) < 4.78 is 3.19. The minimum atomic E-state index is -0.0554. The molecular formula is C12H13N2OS2+. The lowest BCUT2D eigenvalue weighted by Crippen LogP contribution is -2.34. The molecule has 2 rings (SSSR count). The zero-order chi connectivity index (χ0) is 12.3. The number of anilines is 1. The molecule has 0 atom stereocenters. The van der Waals surface area contributed by atoms with Crippen molar-refractivity contribution >= 4 is 34.8 Å². The molecule has 3 nitrogen and oxygen atoms in total. The van der Waals surface area contributed by atoms with Crippen molar-refractivity contribution < 1.29 is 9.36 Å². The van der Waals surface area contributed by atoms with Crippen LogP contribution < -0.4 is 9.88 Å². The number of hydrogen-bond donors (Lipinski definition) is 1. The Labute approximate surface area is 108 Å². The summed E-state index contributed by atoms with van der Waals surface area (Å²) in [6.07, 6.45) is 2.03. The summed E-state index contributed by atoms with van der Waals surface area (Å²) in [5.41, 5.74) is 1.06. The van der Waals surface area contributed by atoms with Crippen LogP contribution in [0.2, 0.25) is 0 Å². The molecule has 5 heteroatoms. The van der Waals surface area contributed by atoms with Gasteiger partial charge < -0.3 is 0 Å². The quantitative estimate of drug-likeness (QED) is 0.684. The van der Waals surface area contributed by atoms with Crippen LogP contribution in [0.3, 0.4) is 0 Å². The predicted octanol–water partition coefficient (Wildman–Crippen LogP) is 2.71. The van der Waals surface area contributed by atoms with Gasteiger partial charge in [0, 0.05) is 6.92 Å². The summed E-state index contributed by atoms with van der Waals surface area (Å²) in [6, 6.07) is 10.0. The second-order valence-corrected chi connectivity index (χ2v) is 5.35. The van der Waals surface area contributed by atoms with Crippen molar-refractivity contribution in [3.8, 4) is 5.69 Å². The molecule has 0 fully saturated rings. The van der Waals surface area contributed by atoms with Gasteiger partial charge in [-0.3, -0.25) is 0 Å². The minimum Gasteiger partial charge on any atom is -0.247 e. The molecule has 0 saturated heterocycles. The zero-order valence-corrected chi connectivity index (χ0v) is 11.3. The summed E-state index contributed by atoms with van der Waals surface area (Å²) >= 11 is 3.29. The largest absolute Gasteiger partial charge is 0.304 e. The maximum atomic E-state index is 11.2. The Balaban J connectivity index is 2.49. The fourth-order valence-electron chi connectivity index (χ4n) is 1.54. The van der Waals surface area contributed by atoms with Gasteiger partial charge in [0.25, 0.3) is 5.82 Å². The number of carbonyl (C=O) groups excluding carboxylic acids is 1. The van der Waals surface area contributed by atoms with Gasteiger partial charge in [0.05, 0.1) is 5.38 Å². The van der Waals surface area contributed by atoms with E-state index in [2.05, 4.69) is 9.88 Å². The van der Waals surface area contributed by atoms with Crippen LogP contribution in [-0.2, 0) is 4.79 Å². The molecule has 0 radical (unpaired) electrons. The molecule has 1 amide bonds. The van der Waals surface area contributed by atoms with E-state index in [9.17, 15) is 4.79 Å². The Morgan fingerprint density at radius 2 is 2.06 bits per heavy atom. The number of para-hydroxylation sites is 1. The first-order valence-corrected chi connectivity index (χ1v) is 7.23. The third-order valence-electron chi connectivity index (χ3n) is 2.19. The van der Waals surface area contributed by atoms with Crippen molar-refractivity contribution in [1.82, 2.24) is 0 Å². The number of hydrogen-bond acceptors (Lipinski definition) is 3. The van der Waals surface area contributed by atoms with Crippen LogP contribution in [-0.4, -0.2) is 12.2 Å². The van der Waals surface area contributed by atoms with Gasteiger partial charge in [-0.15, -0.1) is 0 Å². The molecule has 0 aliphatic rings. The van der Waals surface area contributed by atoms with E-state index in [0.29, 0.717) is 0 Å². The number of thiazole rings is 1. The fourth-order valence-corrected chi connectivity index (χ4v) is 3.14. The molecule has 0 aliphatic heterocycles. The van der Waals surface area contributed by atoms with Gasteiger partial charge in [-0.1, -0.05) is 41.3 Å². The lowest BCUT2D eigenvalue weighted by molar-refractivity contribution is -0.613. The van der Waals surface area contributed by atoms with Gasteiger partial charge in [-0.05, 0) is 18.4 Å². The number of aromatic nitrogens is 1. The van der Waals surface area contributed by atoms with Gasteiger partial charge in [0.15, 0.2) is 0 Å². The SMILES string of the molecule is CSc1scc(NC(C)=O)[n+]1-c1ccccc1. The van der Waals surface area contributed by atoms with Crippen LogP contribution in [0.1, 0.15) is 6.92 Å².